The van der Waals surface area contributed by atoms with Crippen LogP contribution in [0.2, 0.25) is 6.04 Å². The Morgan fingerprint density at radius 1 is 1.05 bits per heavy atom. The molecule has 0 aliphatic carbocycles. The Hall–Kier alpha value is -0.823. The first-order chi connectivity index (χ1) is 9.88. The fraction of sp³-hybridized carbons (Fsp3) is 0.600. The summed E-state index contributed by atoms with van der Waals surface area (Å²) in [5.41, 5.74) is 0.485. The van der Waals surface area contributed by atoms with Gasteiger partial charge in [0.2, 0.25) is 9.76 Å². The molecule has 0 aromatic heterocycles. The molecule has 0 aliphatic heterocycles. The Morgan fingerprint density at radius 3 is 2.19 bits per heavy atom. The van der Waals surface area contributed by atoms with E-state index in [-0.39, 0.29) is 22.0 Å². The topological polar surface area (TPSA) is 27.7 Å². The summed E-state index contributed by atoms with van der Waals surface area (Å²) >= 11 is 0. The zero-order valence-corrected chi connectivity index (χ0v) is 13.9. The van der Waals surface area contributed by atoms with E-state index in [9.17, 15) is 8.78 Å². The molecule has 0 fully saturated rings. The van der Waals surface area contributed by atoms with Crippen LogP contribution in [0.3, 0.4) is 0 Å². The van der Waals surface area contributed by atoms with E-state index in [1.54, 1.807) is 0 Å². The standard InChI is InChI=1S/C15H22F2O3Si/c1-10(2)18-15(19-11(3)4)20-21-8-7-12-5-6-13(16)9-14(12)17/h5-6,9-11,15H,7-8H2,1-4H3. The molecule has 1 rings (SSSR count). The van der Waals surface area contributed by atoms with Gasteiger partial charge in [-0.25, -0.2) is 8.78 Å². The third-order valence-corrected chi connectivity index (χ3v) is 3.27. The second-order valence-electron chi connectivity index (χ2n) is 5.16. The Morgan fingerprint density at radius 2 is 1.67 bits per heavy atom. The highest BCUT2D eigenvalue weighted by Gasteiger charge is 2.14. The lowest BCUT2D eigenvalue weighted by Gasteiger charge is -2.22. The molecular weight excluding hydrogens is 294 g/mol. The quantitative estimate of drug-likeness (QED) is 0.395. The van der Waals surface area contributed by atoms with Gasteiger partial charge in [0.1, 0.15) is 11.6 Å². The molecule has 3 nitrogen and oxygen atoms in total. The third-order valence-electron chi connectivity index (χ3n) is 2.46. The van der Waals surface area contributed by atoms with Crippen molar-refractivity contribution in [3.8, 4) is 0 Å². The zero-order valence-electron chi connectivity index (χ0n) is 12.9. The van der Waals surface area contributed by atoms with Gasteiger partial charge in [-0.15, -0.1) is 0 Å². The van der Waals surface area contributed by atoms with Crippen molar-refractivity contribution in [1.29, 1.82) is 0 Å². The van der Waals surface area contributed by atoms with Crippen molar-refractivity contribution < 1.29 is 22.7 Å². The van der Waals surface area contributed by atoms with Gasteiger partial charge in [0.25, 0.3) is 6.48 Å². The fourth-order valence-corrected chi connectivity index (χ4v) is 2.31. The number of hydrogen-bond acceptors (Lipinski definition) is 3. The first-order valence-electron chi connectivity index (χ1n) is 7.02. The van der Waals surface area contributed by atoms with E-state index >= 15 is 0 Å². The molecule has 0 amide bonds. The largest absolute Gasteiger partial charge is 0.372 e. The minimum atomic E-state index is -0.707. The highest BCUT2D eigenvalue weighted by atomic mass is 28.2. The third kappa shape index (κ3) is 7.66. The smallest absolute Gasteiger partial charge is 0.262 e. The summed E-state index contributed by atoms with van der Waals surface area (Å²) < 4.78 is 42.8. The first kappa shape index (κ1) is 18.2. The minimum absolute atomic E-state index is 0.00640. The van der Waals surface area contributed by atoms with Gasteiger partial charge in [0.05, 0.1) is 12.2 Å². The van der Waals surface area contributed by atoms with Crippen molar-refractivity contribution in [3.63, 3.8) is 0 Å². The van der Waals surface area contributed by atoms with Gasteiger partial charge in [-0.1, -0.05) is 6.07 Å². The van der Waals surface area contributed by atoms with Gasteiger partial charge < -0.3 is 13.9 Å². The second-order valence-corrected chi connectivity index (χ2v) is 6.18. The van der Waals surface area contributed by atoms with Crippen LogP contribution in [0.25, 0.3) is 0 Å². The minimum Gasteiger partial charge on any atom is -0.372 e. The van der Waals surface area contributed by atoms with Crippen LogP contribution in [-0.4, -0.2) is 28.4 Å². The van der Waals surface area contributed by atoms with Crippen LogP contribution in [0.4, 0.5) is 8.78 Å². The van der Waals surface area contributed by atoms with Crippen LogP contribution < -0.4 is 0 Å². The summed E-state index contributed by atoms with van der Waals surface area (Å²) in [4.78, 5) is 0. The summed E-state index contributed by atoms with van der Waals surface area (Å²) in [6, 6.07) is 4.24. The number of aryl methyl sites for hydroxylation is 1. The SMILES string of the molecule is CC(C)OC(O[Si]CCc1ccc(F)cc1F)OC(C)C. The predicted molar refractivity (Wildman–Crippen MR) is 77.9 cm³/mol. The number of hydrogen-bond donors (Lipinski definition) is 0. The van der Waals surface area contributed by atoms with Crippen LogP contribution in [0.15, 0.2) is 18.2 Å². The number of halogens is 2. The highest BCUT2D eigenvalue weighted by Crippen LogP contribution is 2.12. The summed E-state index contributed by atoms with van der Waals surface area (Å²) in [7, 11) is 0.120. The van der Waals surface area contributed by atoms with E-state index in [1.807, 2.05) is 27.7 Å². The van der Waals surface area contributed by atoms with Gasteiger partial charge in [0.15, 0.2) is 0 Å². The molecule has 0 unspecified atom stereocenters. The fourth-order valence-electron chi connectivity index (χ4n) is 1.57. The molecule has 0 saturated heterocycles. The molecule has 0 spiro atoms. The van der Waals surface area contributed by atoms with Gasteiger partial charge in [-0.05, 0) is 51.8 Å². The number of ether oxygens (including phenoxy) is 2. The number of benzene rings is 1. The highest BCUT2D eigenvalue weighted by molar-refractivity contribution is 6.27. The Bertz CT molecular complexity index is 417. The molecule has 0 N–H and O–H groups in total. The van der Waals surface area contributed by atoms with E-state index < -0.39 is 18.1 Å². The molecule has 0 saturated carbocycles. The van der Waals surface area contributed by atoms with Gasteiger partial charge in [-0.2, -0.15) is 0 Å². The lowest BCUT2D eigenvalue weighted by atomic mass is 10.1. The van der Waals surface area contributed by atoms with E-state index in [0.29, 0.717) is 18.0 Å². The van der Waals surface area contributed by atoms with Crippen LogP contribution in [0.5, 0.6) is 0 Å². The molecule has 0 bridgehead atoms. The Balaban J connectivity index is 2.36. The van der Waals surface area contributed by atoms with Crippen LogP contribution >= 0.6 is 0 Å². The first-order valence-corrected chi connectivity index (χ1v) is 8.13. The average molecular weight is 316 g/mol. The summed E-state index contributed by atoms with van der Waals surface area (Å²) in [6.07, 6.45) is 0.474. The van der Waals surface area contributed by atoms with Crippen LogP contribution in [0, 0.1) is 11.6 Å². The van der Waals surface area contributed by atoms with Crippen LogP contribution in [-0.2, 0) is 20.3 Å². The zero-order chi connectivity index (χ0) is 15.8. The van der Waals surface area contributed by atoms with Crippen molar-refractivity contribution >= 4 is 9.76 Å². The predicted octanol–water partition coefficient (Wildman–Crippen LogP) is 3.70. The van der Waals surface area contributed by atoms with Gasteiger partial charge >= 0.3 is 0 Å². The average Bonchev–Trinajstić information content (AvgIpc) is 2.35. The molecule has 1 aromatic carbocycles. The summed E-state index contributed by atoms with van der Waals surface area (Å²) in [6.45, 7) is 6.89. The lowest BCUT2D eigenvalue weighted by Crippen LogP contribution is -2.28. The molecule has 1 aromatic rings. The molecule has 0 heterocycles. The maximum absolute atomic E-state index is 13.5. The molecule has 6 heteroatoms. The van der Waals surface area contributed by atoms with E-state index in [1.165, 1.54) is 12.1 Å². The maximum atomic E-state index is 13.5. The van der Waals surface area contributed by atoms with Crippen molar-refractivity contribution in [2.75, 3.05) is 0 Å². The maximum Gasteiger partial charge on any atom is 0.262 e. The molecule has 21 heavy (non-hydrogen) atoms. The molecule has 2 radical (unpaired) electrons. The number of rotatable bonds is 9. The lowest BCUT2D eigenvalue weighted by molar-refractivity contribution is -0.275. The van der Waals surface area contributed by atoms with Crippen molar-refractivity contribution in [1.82, 2.24) is 0 Å². The Kier molecular flexibility index (Phi) is 8.03. The van der Waals surface area contributed by atoms with Crippen LogP contribution in [0.1, 0.15) is 33.3 Å². The monoisotopic (exact) mass is 316 g/mol. The van der Waals surface area contributed by atoms with Crippen molar-refractivity contribution in [3.05, 3.63) is 35.4 Å². The molecule has 0 atom stereocenters. The normalized spacial score (nSPS) is 11.9. The van der Waals surface area contributed by atoms with Crippen molar-refractivity contribution in [2.45, 2.75) is 58.8 Å². The molecular formula is C15H22F2O3Si. The van der Waals surface area contributed by atoms with E-state index in [0.717, 1.165) is 6.07 Å². The van der Waals surface area contributed by atoms with E-state index in [4.69, 9.17) is 13.9 Å². The van der Waals surface area contributed by atoms with Gasteiger partial charge in [0, 0.05) is 6.07 Å². The summed E-state index contributed by atoms with van der Waals surface area (Å²) in [5.74, 6) is -1.08. The molecule has 0 aliphatic rings. The molecule has 118 valence electrons. The van der Waals surface area contributed by atoms with Gasteiger partial charge in [-0.3, -0.25) is 0 Å². The van der Waals surface area contributed by atoms with E-state index in [2.05, 4.69) is 0 Å². The van der Waals surface area contributed by atoms with Crippen molar-refractivity contribution in [2.24, 2.45) is 0 Å². The second kappa shape index (κ2) is 9.25. The Labute approximate surface area is 127 Å². The summed E-state index contributed by atoms with van der Waals surface area (Å²) in [5, 5.41) is 0.